The molecule has 1 unspecified atom stereocenters. The highest BCUT2D eigenvalue weighted by Gasteiger charge is 2.24. The van der Waals surface area contributed by atoms with E-state index in [1.54, 1.807) is 0 Å². The van der Waals surface area contributed by atoms with Gasteiger partial charge in [0.2, 0.25) is 0 Å². The van der Waals surface area contributed by atoms with Crippen molar-refractivity contribution < 1.29 is 0 Å². The minimum atomic E-state index is 0.108. The quantitative estimate of drug-likeness (QED) is 0.156. The standard InChI is InChI=1S/C60H55N6/c1-31-13-19-43(37(7)61-31)49-25-55-56(26-50(49)44-20-14-32(2)62-38(44)8)58-28-52(46-22-16-34(4)64-40(46)10)54(48-24-18-36(6)66-42(48)12)30-60(58)59-29-53(47-23-17-35(5)65-41(47)11)51(27-57(55)59)45-21-15-33(3)63-39(45)9/h13-31H,1-12H3/q-1. The molecule has 0 saturated carbocycles. The lowest BCUT2D eigenvalue weighted by Gasteiger charge is -2.35. The van der Waals surface area contributed by atoms with Gasteiger partial charge in [-0.15, -0.1) is 6.04 Å². The van der Waals surface area contributed by atoms with E-state index in [-0.39, 0.29) is 6.04 Å². The molecule has 0 saturated heterocycles. The molecule has 0 spiro atoms. The SMILES string of the molecule is CC1=C(c2cc3c(cc2-c2ccc(C)nc2C)c2cc(-c4ccc(C)nc4C)c(-c4ccc(C)nc4C)cc2c2cc(-c4ccc(C)nc4C)c(-c4ccc(C)nc4C)cc32)C=CC(C)[N-]1. The minimum Gasteiger partial charge on any atom is -0.682 e. The van der Waals surface area contributed by atoms with Crippen molar-refractivity contribution >= 4 is 37.9 Å². The number of aryl methyl sites for hydroxylation is 10. The molecule has 0 bridgehead atoms. The fourth-order valence-corrected chi connectivity index (χ4v) is 10.4. The average molecular weight is 860 g/mol. The second-order valence-corrected chi connectivity index (χ2v) is 18.5. The molecule has 66 heavy (non-hydrogen) atoms. The molecule has 0 N–H and O–H groups in total. The first-order chi connectivity index (χ1) is 31.6. The fourth-order valence-electron chi connectivity index (χ4n) is 10.4. The summed E-state index contributed by atoms with van der Waals surface area (Å²) in [6, 6.07) is 36.5. The van der Waals surface area contributed by atoms with Crippen LogP contribution in [0.3, 0.4) is 0 Å². The van der Waals surface area contributed by atoms with Crippen molar-refractivity contribution in [2.24, 2.45) is 0 Å². The number of fused-ring (bicyclic) bond motifs is 6. The molecule has 9 aromatic rings. The van der Waals surface area contributed by atoms with Gasteiger partial charge in [0, 0.05) is 84.8 Å². The monoisotopic (exact) mass is 859 g/mol. The van der Waals surface area contributed by atoms with E-state index in [0.29, 0.717) is 0 Å². The second-order valence-electron chi connectivity index (χ2n) is 18.5. The number of hydrogen-bond donors (Lipinski definition) is 0. The van der Waals surface area contributed by atoms with Crippen LogP contribution in [0.25, 0.3) is 98.8 Å². The summed E-state index contributed by atoms with van der Waals surface area (Å²) in [5.74, 6) is 0. The highest BCUT2D eigenvalue weighted by atomic mass is 14.9. The van der Waals surface area contributed by atoms with Gasteiger partial charge in [0.1, 0.15) is 0 Å². The van der Waals surface area contributed by atoms with Gasteiger partial charge >= 0.3 is 0 Å². The van der Waals surface area contributed by atoms with E-state index in [2.05, 4.69) is 192 Å². The van der Waals surface area contributed by atoms with Gasteiger partial charge in [0.15, 0.2) is 0 Å². The second kappa shape index (κ2) is 16.3. The first kappa shape index (κ1) is 42.6. The van der Waals surface area contributed by atoms with Crippen molar-refractivity contribution in [3.05, 3.63) is 183 Å². The van der Waals surface area contributed by atoms with Crippen LogP contribution in [-0.2, 0) is 0 Å². The first-order valence-corrected chi connectivity index (χ1v) is 23.0. The Morgan fingerprint density at radius 2 is 0.561 bits per heavy atom. The van der Waals surface area contributed by atoms with Crippen LogP contribution in [0, 0.1) is 69.2 Å². The number of nitrogens with zero attached hydrogens (tertiary/aromatic N) is 6. The molecule has 326 valence electrons. The molecule has 1 aliphatic rings. The zero-order valence-electron chi connectivity index (χ0n) is 40.2. The maximum absolute atomic E-state index is 5.10. The van der Waals surface area contributed by atoms with E-state index in [1.165, 1.54) is 0 Å². The molecule has 0 amide bonds. The third kappa shape index (κ3) is 7.35. The Morgan fingerprint density at radius 3 is 0.803 bits per heavy atom. The zero-order valence-corrected chi connectivity index (χ0v) is 40.2. The van der Waals surface area contributed by atoms with Crippen LogP contribution in [0.1, 0.15) is 76.4 Å². The molecular formula is C60H55N6-. The van der Waals surface area contributed by atoms with Crippen LogP contribution in [0.15, 0.2) is 115 Å². The van der Waals surface area contributed by atoms with Crippen LogP contribution in [0.2, 0.25) is 0 Å². The largest absolute Gasteiger partial charge is 0.682 e. The maximum Gasteiger partial charge on any atom is 0.0454 e. The van der Waals surface area contributed by atoms with Crippen LogP contribution >= 0.6 is 0 Å². The van der Waals surface area contributed by atoms with Crippen LogP contribution in [0.5, 0.6) is 0 Å². The summed E-state index contributed by atoms with van der Waals surface area (Å²) in [5.41, 5.74) is 24.3. The fraction of sp³-hybridized carbons (Fsp3) is 0.217. The molecule has 0 radical (unpaired) electrons. The highest BCUT2D eigenvalue weighted by molar-refractivity contribution is 6.29. The van der Waals surface area contributed by atoms with Crippen molar-refractivity contribution in [3.8, 4) is 55.6 Å². The Bertz CT molecular complexity index is 3500. The molecule has 0 fully saturated rings. The van der Waals surface area contributed by atoms with Crippen molar-refractivity contribution in [1.82, 2.24) is 24.9 Å². The summed E-state index contributed by atoms with van der Waals surface area (Å²) in [7, 11) is 0. The molecular weight excluding hydrogens is 805 g/mol. The van der Waals surface area contributed by atoms with Gasteiger partial charge < -0.3 is 5.32 Å². The van der Waals surface area contributed by atoms with Crippen LogP contribution < -0.4 is 0 Å². The lowest BCUT2D eigenvalue weighted by atomic mass is 9.81. The Kier molecular flexibility index (Phi) is 10.5. The summed E-state index contributed by atoms with van der Waals surface area (Å²) in [5, 5.41) is 12.1. The van der Waals surface area contributed by atoms with E-state index < -0.39 is 0 Å². The smallest absolute Gasteiger partial charge is 0.0454 e. The molecule has 5 aromatic heterocycles. The third-order valence-corrected chi connectivity index (χ3v) is 13.5. The first-order valence-electron chi connectivity index (χ1n) is 23.0. The Morgan fingerprint density at radius 1 is 0.318 bits per heavy atom. The van der Waals surface area contributed by atoms with Gasteiger partial charge in [-0.25, -0.2) is 0 Å². The third-order valence-electron chi connectivity index (χ3n) is 13.5. The van der Waals surface area contributed by atoms with Crippen molar-refractivity contribution in [2.45, 2.75) is 89.1 Å². The van der Waals surface area contributed by atoms with Crippen LogP contribution in [0.4, 0.5) is 0 Å². The zero-order chi connectivity index (χ0) is 46.3. The molecule has 10 rings (SSSR count). The van der Waals surface area contributed by atoms with Gasteiger partial charge in [-0.1, -0.05) is 56.3 Å². The van der Waals surface area contributed by atoms with E-state index in [4.69, 9.17) is 30.2 Å². The summed E-state index contributed by atoms with van der Waals surface area (Å²) < 4.78 is 0. The Balaban J connectivity index is 1.46. The topological polar surface area (TPSA) is 78.6 Å². The summed E-state index contributed by atoms with van der Waals surface area (Å²) in [4.78, 5) is 25.1. The molecule has 0 aliphatic carbocycles. The predicted molar refractivity (Wildman–Crippen MR) is 277 cm³/mol. The Labute approximate surface area is 388 Å². The van der Waals surface area contributed by atoms with Crippen molar-refractivity contribution in [2.75, 3.05) is 0 Å². The van der Waals surface area contributed by atoms with Crippen molar-refractivity contribution in [3.63, 3.8) is 0 Å². The summed E-state index contributed by atoms with van der Waals surface area (Å²) in [6.45, 7) is 25.2. The number of pyridine rings is 5. The highest BCUT2D eigenvalue weighted by Crippen LogP contribution is 2.49. The molecule has 6 heteroatoms. The Hall–Kier alpha value is -7.31. The lowest BCUT2D eigenvalue weighted by Crippen LogP contribution is -2.04. The van der Waals surface area contributed by atoms with Gasteiger partial charge in [0.05, 0.1) is 0 Å². The van der Waals surface area contributed by atoms with E-state index in [0.717, 1.165) is 162 Å². The van der Waals surface area contributed by atoms with E-state index >= 15 is 0 Å². The van der Waals surface area contributed by atoms with E-state index in [1.807, 2.05) is 0 Å². The van der Waals surface area contributed by atoms with Crippen LogP contribution in [-0.4, -0.2) is 31.0 Å². The summed E-state index contributed by atoms with van der Waals surface area (Å²) in [6.07, 6.45) is 4.48. The van der Waals surface area contributed by atoms with Gasteiger partial charge in [0.25, 0.3) is 0 Å². The van der Waals surface area contributed by atoms with Gasteiger partial charge in [-0.05, 0) is 207 Å². The minimum absolute atomic E-state index is 0.108. The van der Waals surface area contributed by atoms with E-state index in [9.17, 15) is 0 Å². The van der Waals surface area contributed by atoms with Gasteiger partial charge in [-0.2, -0.15) is 5.70 Å². The number of allylic oxidation sites excluding steroid dienone is 3. The number of rotatable bonds is 6. The molecule has 6 heterocycles. The normalized spacial score (nSPS) is 13.9. The maximum atomic E-state index is 5.10. The molecule has 4 aromatic carbocycles. The number of hydrogen-bond acceptors (Lipinski definition) is 5. The lowest BCUT2D eigenvalue weighted by molar-refractivity contribution is 1.01. The molecule has 1 aliphatic heterocycles. The predicted octanol–water partition coefficient (Wildman–Crippen LogP) is 15.6. The van der Waals surface area contributed by atoms with Gasteiger partial charge in [-0.3, -0.25) is 24.9 Å². The number of aromatic nitrogens is 5. The average Bonchev–Trinajstić information content (AvgIpc) is 3.26. The summed E-state index contributed by atoms with van der Waals surface area (Å²) >= 11 is 0. The number of benzene rings is 4. The molecule has 1 atom stereocenters. The van der Waals surface area contributed by atoms with Crippen molar-refractivity contribution in [1.29, 1.82) is 0 Å². The molecule has 6 nitrogen and oxygen atoms in total.